The highest BCUT2D eigenvalue weighted by Gasteiger charge is 2.38. The van der Waals surface area contributed by atoms with Crippen molar-refractivity contribution in [3.8, 4) is 0 Å². The van der Waals surface area contributed by atoms with Gasteiger partial charge in [-0.25, -0.2) is 0 Å². The van der Waals surface area contributed by atoms with Gasteiger partial charge in [0.05, 0.1) is 0 Å². The van der Waals surface area contributed by atoms with Gasteiger partial charge in [0.1, 0.15) is 6.04 Å². The van der Waals surface area contributed by atoms with Crippen molar-refractivity contribution in [1.29, 1.82) is 0 Å². The number of alkyl halides is 3. The molecule has 0 heterocycles. The number of rotatable bonds is 1. The summed E-state index contributed by atoms with van der Waals surface area (Å²) in [6, 6.07) is 8.28. The molecule has 17 heavy (non-hydrogen) atoms. The predicted octanol–water partition coefficient (Wildman–Crippen LogP) is 3.71. The van der Waals surface area contributed by atoms with E-state index >= 15 is 0 Å². The van der Waals surface area contributed by atoms with Gasteiger partial charge in [0, 0.05) is 0 Å². The zero-order valence-corrected chi connectivity index (χ0v) is 9.25. The quantitative estimate of drug-likeness (QED) is 0.806. The molecule has 0 fully saturated rings. The molecule has 0 aromatic heterocycles. The zero-order chi connectivity index (χ0) is 12.6. The van der Waals surface area contributed by atoms with Crippen LogP contribution >= 0.6 is 0 Å². The second-order valence-electron chi connectivity index (χ2n) is 4.04. The molecule has 0 amide bonds. The molecule has 0 aliphatic carbocycles. The Kier molecular flexibility index (Phi) is 2.83. The van der Waals surface area contributed by atoms with Crippen molar-refractivity contribution in [2.24, 2.45) is 5.73 Å². The van der Waals surface area contributed by atoms with E-state index in [0.717, 1.165) is 10.9 Å². The number of aryl methyl sites for hydroxylation is 1. The van der Waals surface area contributed by atoms with Crippen LogP contribution in [0.5, 0.6) is 0 Å². The van der Waals surface area contributed by atoms with E-state index in [0.29, 0.717) is 5.39 Å². The highest BCUT2D eigenvalue weighted by atomic mass is 19.4. The van der Waals surface area contributed by atoms with Gasteiger partial charge in [-0.15, -0.1) is 0 Å². The molecule has 2 N–H and O–H groups in total. The minimum atomic E-state index is -4.42. The van der Waals surface area contributed by atoms with Gasteiger partial charge in [-0.05, 0) is 28.8 Å². The maximum Gasteiger partial charge on any atom is 0.407 e. The molecule has 0 saturated heterocycles. The summed E-state index contributed by atoms with van der Waals surface area (Å²) in [6.45, 7) is 1.79. The predicted molar refractivity (Wildman–Crippen MR) is 61.7 cm³/mol. The first-order valence-corrected chi connectivity index (χ1v) is 5.22. The normalized spacial score (nSPS) is 13.9. The Balaban J connectivity index is 2.70. The molecule has 2 rings (SSSR count). The molecular weight excluding hydrogens is 227 g/mol. The SMILES string of the molecule is Cc1cccc2cccc([C@H](N)C(F)(F)F)c12. The third-order valence-electron chi connectivity index (χ3n) is 2.83. The molecule has 1 nitrogen and oxygen atoms in total. The molecule has 0 radical (unpaired) electrons. The minimum Gasteiger partial charge on any atom is -0.316 e. The molecule has 90 valence electrons. The van der Waals surface area contributed by atoms with Crippen molar-refractivity contribution in [3.05, 3.63) is 47.5 Å². The summed E-state index contributed by atoms with van der Waals surface area (Å²) < 4.78 is 38.0. The molecule has 0 bridgehead atoms. The van der Waals surface area contributed by atoms with Crippen LogP contribution in [0.15, 0.2) is 36.4 Å². The summed E-state index contributed by atoms with van der Waals surface area (Å²) in [5.41, 5.74) is 6.22. The van der Waals surface area contributed by atoms with Gasteiger partial charge in [-0.1, -0.05) is 36.4 Å². The van der Waals surface area contributed by atoms with Crippen LogP contribution in [0.25, 0.3) is 10.8 Å². The van der Waals surface area contributed by atoms with Crippen LogP contribution < -0.4 is 5.73 Å². The fraction of sp³-hybridized carbons (Fsp3) is 0.231. The molecule has 2 aromatic rings. The first-order chi connectivity index (χ1) is 7.91. The van der Waals surface area contributed by atoms with Crippen LogP contribution in [-0.4, -0.2) is 6.18 Å². The smallest absolute Gasteiger partial charge is 0.316 e. The van der Waals surface area contributed by atoms with Crippen molar-refractivity contribution in [1.82, 2.24) is 0 Å². The molecule has 4 heteroatoms. The molecule has 0 spiro atoms. The lowest BCUT2D eigenvalue weighted by Crippen LogP contribution is -2.28. The summed E-state index contributed by atoms with van der Waals surface area (Å²) >= 11 is 0. The number of nitrogens with two attached hydrogens (primary N) is 1. The summed E-state index contributed by atoms with van der Waals surface area (Å²) in [5, 5.41) is 1.38. The van der Waals surface area contributed by atoms with E-state index < -0.39 is 12.2 Å². The van der Waals surface area contributed by atoms with Gasteiger partial charge < -0.3 is 5.73 Å². The van der Waals surface area contributed by atoms with E-state index in [2.05, 4.69) is 0 Å². The fourth-order valence-electron chi connectivity index (χ4n) is 2.00. The van der Waals surface area contributed by atoms with E-state index in [9.17, 15) is 13.2 Å². The first-order valence-electron chi connectivity index (χ1n) is 5.22. The first kappa shape index (κ1) is 11.9. The van der Waals surface area contributed by atoms with E-state index in [4.69, 9.17) is 5.73 Å². The summed E-state index contributed by atoms with van der Waals surface area (Å²) in [5.74, 6) is 0. The number of fused-ring (bicyclic) bond motifs is 1. The maximum atomic E-state index is 12.7. The Hall–Kier alpha value is -1.55. The molecule has 0 aliphatic rings. The summed E-state index contributed by atoms with van der Waals surface area (Å²) in [6.07, 6.45) is -4.42. The third-order valence-corrected chi connectivity index (χ3v) is 2.83. The molecule has 0 aliphatic heterocycles. The minimum absolute atomic E-state index is 0.133. The molecule has 0 saturated carbocycles. The van der Waals surface area contributed by atoms with Crippen molar-refractivity contribution in [2.75, 3.05) is 0 Å². The van der Waals surface area contributed by atoms with Crippen LogP contribution in [0.2, 0.25) is 0 Å². The van der Waals surface area contributed by atoms with Crippen LogP contribution in [0.4, 0.5) is 13.2 Å². The molecular formula is C13H12F3N. The number of hydrogen-bond donors (Lipinski definition) is 1. The van der Waals surface area contributed by atoms with E-state index in [-0.39, 0.29) is 5.56 Å². The topological polar surface area (TPSA) is 26.0 Å². The lowest BCUT2D eigenvalue weighted by molar-refractivity contribution is -0.148. The van der Waals surface area contributed by atoms with Crippen LogP contribution in [0.3, 0.4) is 0 Å². The van der Waals surface area contributed by atoms with Crippen LogP contribution in [0.1, 0.15) is 17.2 Å². The standard InChI is InChI=1S/C13H12F3N/c1-8-4-2-5-9-6-3-7-10(11(8)9)12(17)13(14,15)16/h2-7,12H,17H2,1H3/t12-/m0/s1. The Bertz CT molecular complexity index is 541. The molecule has 1 atom stereocenters. The fourth-order valence-corrected chi connectivity index (χ4v) is 2.00. The van der Waals surface area contributed by atoms with Crippen molar-refractivity contribution < 1.29 is 13.2 Å². The third kappa shape index (κ3) is 2.13. The van der Waals surface area contributed by atoms with Gasteiger partial charge in [0.2, 0.25) is 0 Å². The largest absolute Gasteiger partial charge is 0.407 e. The molecule has 2 aromatic carbocycles. The van der Waals surface area contributed by atoms with Gasteiger partial charge >= 0.3 is 6.18 Å². The van der Waals surface area contributed by atoms with Gasteiger partial charge in [0.25, 0.3) is 0 Å². The average Bonchev–Trinajstić information content (AvgIpc) is 2.26. The van der Waals surface area contributed by atoms with Gasteiger partial charge in [0.15, 0.2) is 0 Å². The number of hydrogen-bond acceptors (Lipinski definition) is 1. The van der Waals surface area contributed by atoms with Crippen molar-refractivity contribution in [3.63, 3.8) is 0 Å². The Morgan fingerprint density at radius 3 is 2.24 bits per heavy atom. The van der Waals surface area contributed by atoms with Crippen molar-refractivity contribution in [2.45, 2.75) is 19.1 Å². The maximum absolute atomic E-state index is 12.7. The zero-order valence-electron chi connectivity index (χ0n) is 9.25. The monoisotopic (exact) mass is 239 g/mol. The Labute approximate surface area is 97.0 Å². The van der Waals surface area contributed by atoms with E-state index in [1.54, 1.807) is 31.2 Å². The van der Waals surface area contributed by atoms with E-state index in [1.807, 2.05) is 6.07 Å². The second-order valence-corrected chi connectivity index (χ2v) is 4.04. The highest BCUT2D eigenvalue weighted by Crippen LogP contribution is 2.35. The lowest BCUT2D eigenvalue weighted by Gasteiger charge is -2.18. The van der Waals surface area contributed by atoms with E-state index in [1.165, 1.54) is 6.07 Å². The Morgan fingerprint density at radius 1 is 1.06 bits per heavy atom. The molecule has 0 unspecified atom stereocenters. The number of benzene rings is 2. The Morgan fingerprint density at radius 2 is 1.65 bits per heavy atom. The van der Waals surface area contributed by atoms with Crippen LogP contribution in [0, 0.1) is 6.92 Å². The summed E-state index contributed by atoms with van der Waals surface area (Å²) in [4.78, 5) is 0. The highest BCUT2D eigenvalue weighted by molar-refractivity contribution is 5.89. The van der Waals surface area contributed by atoms with Crippen LogP contribution in [-0.2, 0) is 0 Å². The van der Waals surface area contributed by atoms with Gasteiger partial charge in [-0.2, -0.15) is 13.2 Å². The van der Waals surface area contributed by atoms with Crippen molar-refractivity contribution >= 4 is 10.8 Å². The second kappa shape index (κ2) is 4.04. The van der Waals surface area contributed by atoms with Gasteiger partial charge in [-0.3, -0.25) is 0 Å². The average molecular weight is 239 g/mol. The summed E-state index contributed by atoms with van der Waals surface area (Å²) in [7, 11) is 0. The number of halogens is 3. The lowest BCUT2D eigenvalue weighted by atomic mass is 9.95.